The van der Waals surface area contributed by atoms with E-state index in [2.05, 4.69) is 5.32 Å². The van der Waals surface area contributed by atoms with Gasteiger partial charge in [0.1, 0.15) is 6.04 Å². The van der Waals surface area contributed by atoms with Crippen LogP contribution in [0.25, 0.3) is 0 Å². The number of ether oxygens (including phenoxy) is 2. The van der Waals surface area contributed by atoms with Crippen molar-refractivity contribution in [3.05, 3.63) is 0 Å². The molecule has 7 heteroatoms. The fourth-order valence-corrected chi connectivity index (χ4v) is 1.79. The minimum Gasteiger partial charge on any atom is -0.480 e. The van der Waals surface area contributed by atoms with Crippen molar-refractivity contribution in [3.63, 3.8) is 0 Å². The lowest BCUT2D eigenvalue weighted by molar-refractivity contribution is -0.142. The summed E-state index contributed by atoms with van der Waals surface area (Å²) in [4.78, 5) is 24.6. The Labute approximate surface area is 106 Å². The first-order chi connectivity index (χ1) is 8.56. The zero-order chi connectivity index (χ0) is 13.5. The summed E-state index contributed by atoms with van der Waals surface area (Å²) in [5.41, 5.74) is 0. The molecule has 2 unspecified atom stereocenters. The summed E-state index contributed by atoms with van der Waals surface area (Å²) in [5.74, 6) is -1.14. The number of morpholine rings is 1. The van der Waals surface area contributed by atoms with Gasteiger partial charge < -0.3 is 19.5 Å². The van der Waals surface area contributed by atoms with Crippen LogP contribution in [0.1, 0.15) is 6.92 Å². The number of methoxy groups -OCH3 is 1. The van der Waals surface area contributed by atoms with Crippen LogP contribution in [0.15, 0.2) is 0 Å². The van der Waals surface area contributed by atoms with Gasteiger partial charge in [-0.2, -0.15) is 0 Å². The molecule has 7 nitrogen and oxygen atoms in total. The largest absolute Gasteiger partial charge is 0.480 e. The molecule has 2 N–H and O–H groups in total. The third-order valence-electron chi connectivity index (χ3n) is 2.78. The zero-order valence-electron chi connectivity index (χ0n) is 10.7. The van der Waals surface area contributed by atoms with Crippen molar-refractivity contribution in [1.29, 1.82) is 0 Å². The van der Waals surface area contributed by atoms with Crippen molar-refractivity contribution in [3.8, 4) is 0 Å². The van der Waals surface area contributed by atoms with E-state index in [0.717, 1.165) is 0 Å². The fraction of sp³-hybridized carbons (Fsp3) is 0.818. The van der Waals surface area contributed by atoms with Crippen LogP contribution >= 0.6 is 0 Å². The van der Waals surface area contributed by atoms with E-state index in [1.165, 1.54) is 7.11 Å². The standard InChI is InChI=1S/C11H20N2O5/c1-8(12-9(7-17-2)11(15)16)10(14)13-3-5-18-6-4-13/h8-9,12H,3-7H2,1-2H3,(H,15,16). The first kappa shape index (κ1) is 14.9. The molecule has 0 aliphatic carbocycles. The SMILES string of the molecule is COCC(NC(C)C(=O)N1CCOCC1)C(=O)O. The van der Waals surface area contributed by atoms with E-state index in [1.54, 1.807) is 11.8 Å². The van der Waals surface area contributed by atoms with Crippen LogP contribution in [0.2, 0.25) is 0 Å². The van der Waals surface area contributed by atoms with E-state index in [0.29, 0.717) is 26.3 Å². The number of aliphatic carboxylic acids is 1. The second kappa shape index (κ2) is 7.30. The summed E-state index contributed by atoms with van der Waals surface area (Å²) in [6.07, 6.45) is 0. The molecule has 1 aliphatic heterocycles. The summed E-state index contributed by atoms with van der Waals surface area (Å²) in [5, 5.41) is 11.7. The highest BCUT2D eigenvalue weighted by Crippen LogP contribution is 2.01. The number of amides is 1. The molecule has 0 saturated carbocycles. The number of nitrogens with zero attached hydrogens (tertiary/aromatic N) is 1. The van der Waals surface area contributed by atoms with Gasteiger partial charge in [0.25, 0.3) is 0 Å². The molecular formula is C11H20N2O5. The van der Waals surface area contributed by atoms with Gasteiger partial charge in [-0.3, -0.25) is 14.9 Å². The first-order valence-corrected chi connectivity index (χ1v) is 5.90. The zero-order valence-corrected chi connectivity index (χ0v) is 10.7. The normalized spacial score (nSPS) is 19.3. The van der Waals surface area contributed by atoms with E-state index in [-0.39, 0.29) is 12.5 Å². The Morgan fingerprint density at radius 3 is 2.56 bits per heavy atom. The van der Waals surface area contributed by atoms with Gasteiger partial charge in [-0.05, 0) is 6.92 Å². The quantitative estimate of drug-likeness (QED) is 0.632. The van der Waals surface area contributed by atoms with Crippen LogP contribution in [-0.4, -0.2) is 74.0 Å². The topological polar surface area (TPSA) is 88.1 Å². The number of rotatable bonds is 6. The van der Waals surface area contributed by atoms with Crippen molar-refractivity contribution in [2.45, 2.75) is 19.0 Å². The summed E-state index contributed by atoms with van der Waals surface area (Å²) in [6.45, 7) is 3.83. The number of nitrogens with one attached hydrogen (secondary N) is 1. The molecule has 0 radical (unpaired) electrons. The van der Waals surface area contributed by atoms with Crippen molar-refractivity contribution < 1.29 is 24.2 Å². The molecule has 18 heavy (non-hydrogen) atoms. The Balaban J connectivity index is 2.48. The molecule has 1 saturated heterocycles. The number of carboxylic acid groups (broad SMARTS) is 1. The molecular weight excluding hydrogens is 240 g/mol. The van der Waals surface area contributed by atoms with E-state index < -0.39 is 18.1 Å². The molecule has 0 spiro atoms. The number of carbonyl (C=O) groups excluding carboxylic acids is 1. The minimum absolute atomic E-state index is 0.0239. The highest BCUT2D eigenvalue weighted by molar-refractivity contribution is 5.83. The number of hydrogen-bond donors (Lipinski definition) is 2. The summed E-state index contributed by atoms with van der Waals surface area (Å²) < 4.78 is 9.96. The third kappa shape index (κ3) is 4.25. The van der Waals surface area contributed by atoms with Crippen molar-refractivity contribution in [2.75, 3.05) is 40.0 Å². The Hall–Kier alpha value is -1.18. The Bertz CT molecular complexity index is 291. The number of carbonyl (C=O) groups is 2. The van der Waals surface area contributed by atoms with Gasteiger partial charge >= 0.3 is 5.97 Å². The summed E-state index contributed by atoms with van der Waals surface area (Å²) in [6, 6.07) is -1.44. The van der Waals surface area contributed by atoms with Gasteiger partial charge in [-0.1, -0.05) is 0 Å². The fourth-order valence-electron chi connectivity index (χ4n) is 1.79. The molecule has 1 fully saturated rings. The maximum atomic E-state index is 12.0. The van der Waals surface area contributed by atoms with Gasteiger partial charge in [0.15, 0.2) is 0 Å². The van der Waals surface area contributed by atoms with Crippen LogP contribution in [0.3, 0.4) is 0 Å². The molecule has 1 aliphatic rings. The minimum atomic E-state index is -1.03. The van der Waals surface area contributed by atoms with Crippen LogP contribution in [0.4, 0.5) is 0 Å². The van der Waals surface area contributed by atoms with Crippen molar-refractivity contribution >= 4 is 11.9 Å². The maximum absolute atomic E-state index is 12.0. The highest BCUT2D eigenvalue weighted by atomic mass is 16.5. The van der Waals surface area contributed by atoms with Crippen LogP contribution in [0, 0.1) is 0 Å². The van der Waals surface area contributed by atoms with Gasteiger partial charge in [0.05, 0.1) is 25.9 Å². The number of hydrogen-bond acceptors (Lipinski definition) is 5. The average Bonchev–Trinajstić information content (AvgIpc) is 2.38. The first-order valence-electron chi connectivity index (χ1n) is 5.90. The van der Waals surface area contributed by atoms with Crippen LogP contribution in [-0.2, 0) is 19.1 Å². The van der Waals surface area contributed by atoms with E-state index >= 15 is 0 Å². The molecule has 1 heterocycles. The summed E-state index contributed by atoms with van der Waals surface area (Å²) >= 11 is 0. The lowest BCUT2D eigenvalue weighted by Gasteiger charge is -2.30. The Morgan fingerprint density at radius 1 is 1.44 bits per heavy atom. The Kier molecular flexibility index (Phi) is 6.03. The molecule has 104 valence electrons. The monoisotopic (exact) mass is 260 g/mol. The van der Waals surface area contributed by atoms with Crippen LogP contribution < -0.4 is 5.32 Å². The van der Waals surface area contributed by atoms with Crippen molar-refractivity contribution in [1.82, 2.24) is 10.2 Å². The number of carboxylic acids is 1. The van der Waals surface area contributed by atoms with Gasteiger partial charge in [0.2, 0.25) is 5.91 Å². The maximum Gasteiger partial charge on any atom is 0.323 e. The van der Waals surface area contributed by atoms with Gasteiger partial charge in [-0.25, -0.2) is 0 Å². The second-order valence-corrected chi connectivity index (χ2v) is 4.17. The van der Waals surface area contributed by atoms with E-state index in [9.17, 15) is 9.59 Å². The second-order valence-electron chi connectivity index (χ2n) is 4.17. The molecule has 0 bridgehead atoms. The smallest absolute Gasteiger partial charge is 0.323 e. The van der Waals surface area contributed by atoms with E-state index in [4.69, 9.17) is 14.6 Å². The lowest BCUT2D eigenvalue weighted by atomic mass is 10.2. The average molecular weight is 260 g/mol. The van der Waals surface area contributed by atoms with E-state index in [1.807, 2.05) is 0 Å². The van der Waals surface area contributed by atoms with Crippen LogP contribution in [0.5, 0.6) is 0 Å². The third-order valence-corrected chi connectivity index (χ3v) is 2.78. The van der Waals surface area contributed by atoms with Crippen molar-refractivity contribution in [2.24, 2.45) is 0 Å². The van der Waals surface area contributed by atoms with Gasteiger partial charge in [-0.15, -0.1) is 0 Å². The molecule has 1 rings (SSSR count). The predicted octanol–water partition coefficient (Wildman–Crippen LogP) is -1.08. The Morgan fingerprint density at radius 2 is 2.06 bits per heavy atom. The highest BCUT2D eigenvalue weighted by Gasteiger charge is 2.26. The lowest BCUT2D eigenvalue weighted by Crippen LogP contribution is -2.54. The molecule has 0 aromatic heterocycles. The van der Waals surface area contributed by atoms with Gasteiger partial charge in [0, 0.05) is 20.2 Å². The molecule has 0 aromatic carbocycles. The molecule has 0 aromatic rings. The summed E-state index contributed by atoms with van der Waals surface area (Å²) in [7, 11) is 1.42. The molecule has 2 atom stereocenters. The predicted molar refractivity (Wildman–Crippen MR) is 63.3 cm³/mol. The molecule has 1 amide bonds.